The lowest BCUT2D eigenvalue weighted by molar-refractivity contribution is 0.249. The molecule has 1 heterocycles. The number of nitrogen functional groups attached to an aromatic ring is 1. The van der Waals surface area contributed by atoms with E-state index in [1.165, 1.54) is 0 Å². The van der Waals surface area contributed by atoms with Gasteiger partial charge in [-0.1, -0.05) is 0 Å². The summed E-state index contributed by atoms with van der Waals surface area (Å²) in [5, 5.41) is 5.46. The van der Waals surface area contributed by atoms with Gasteiger partial charge in [0.2, 0.25) is 5.95 Å². The maximum atomic E-state index is 10.4. The molecule has 0 fully saturated rings. The lowest BCUT2D eigenvalue weighted by atomic mass is 10.3. The smallest absolute Gasteiger partial charge is 0.312 e. The molecule has 0 saturated carbocycles. The van der Waals surface area contributed by atoms with E-state index in [1.54, 1.807) is 6.20 Å². The number of carbonyl (C=O) groups excluding carboxylic acids is 1. The lowest BCUT2D eigenvalue weighted by Crippen LogP contribution is -2.33. The van der Waals surface area contributed by atoms with E-state index in [0.717, 1.165) is 5.56 Å². The van der Waals surface area contributed by atoms with Crippen molar-refractivity contribution in [3.8, 4) is 0 Å². The van der Waals surface area contributed by atoms with Crippen molar-refractivity contribution in [1.82, 2.24) is 15.3 Å². The molecule has 1 rings (SSSR count). The van der Waals surface area contributed by atoms with Crippen LogP contribution in [-0.2, 0) is 0 Å². The van der Waals surface area contributed by atoms with Gasteiger partial charge < -0.3 is 22.1 Å². The van der Waals surface area contributed by atoms with Crippen molar-refractivity contribution in [2.75, 3.05) is 24.1 Å². The SMILES string of the molecule is Cc1cnc(N)nc1NCCNC(N)=O. The van der Waals surface area contributed by atoms with Gasteiger partial charge in [-0.3, -0.25) is 0 Å². The number of nitrogens with two attached hydrogens (primary N) is 2. The van der Waals surface area contributed by atoms with E-state index in [-0.39, 0.29) is 5.95 Å². The number of amides is 2. The first kappa shape index (κ1) is 11.0. The summed E-state index contributed by atoms with van der Waals surface area (Å²) in [4.78, 5) is 18.2. The third-order valence-electron chi connectivity index (χ3n) is 1.71. The lowest BCUT2D eigenvalue weighted by Gasteiger charge is -2.08. The van der Waals surface area contributed by atoms with Gasteiger partial charge in [-0.15, -0.1) is 0 Å². The zero-order valence-electron chi connectivity index (χ0n) is 8.45. The standard InChI is InChI=1S/C8H14N6O/c1-5-4-13-7(9)14-6(5)11-2-3-12-8(10)15/h4H,2-3H2,1H3,(H3,10,12,15)(H3,9,11,13,14). The molecule has 0 aromatic carbocycles. The van der Waals surface area contributed by atoms with Crippen LogP contribution in [0.3, 0.4) is 0 Å². The van der Waals surface area contributed by atoms with Crippen LogP contribution in [0.5, 0.6) is 0 Å². The van der Waals surface area contributed by atoms with Crippen LogP contribution >= 0.6 is 0 Å². The maximum Gasteiger partial charge on any atom is 0.312 e. The monoisotopic (exact) mass is 210 g/mol. The molecule has 82 valence electrons. The molecule has 0 bridgehead atoms. The minimum absolute atomic E-state index is 0.214. The minimum atomic E-state index is -0.546. The number of rotatable bonds is 4. The second-order valence-corrected chi connectivity index (χ2v) is 2.98. The van der Waals surface area contributed by atoms with Crippen LogP contribution in [0.4, 0.5) is 16.6 Å². The highest BCUT2D eigenvalue weighted by atomic mass is 16.2. The van der Waals surface area contributed by atoms with Crippen LogP contribution in [0.1, 0.15) is 5.56 Å². The summed E-state index contributed by atoms with van der Waals surface area (Å²) < 4.78 is 0. The molecule has 7 heteroatoms. The number of aromatic nitrogens is 2. The van der Waals surface area contributed by atoms with Gasteiger partial charge in [0.1, 0.15) is 5.82 Å². The number of anilines is 2. The average molecular weight is 210 g/mol. The van der Waals surface area contributed by atoms with Gasteiger partial charge in [0.15, 0.2) is 0 Å². The van der Waals surface area contributed by atoms with Crippen LogP contribution in [0.25, 0.3) is 0 Å². The Balaban J connectivity index is 2.43. The van der Waals surface area contributed by atoms with E-state index >= 15 is 0 Å². The fourth-order valence-corrected chi connectivity index (χ4v) is 1.00. The highest BCUT2D eigenvalue weighted by molar-refractivity contribution is 5.71. The summed E-state index contributed by atoms with van der Waals surface area (Å²) in [5.41, 5.74) is 11.2. The summed E-state index contributed by atoms with van der Waals surface area (Å²) >= 11 is 0. The minimum Gasteiger partial charge on any atom is -0.368 e. The topological polar surface area (TPSA) is 119 Å². The summed E-state index contributed by atoms with van der Waals surface area (Å²) in [6, 6.07) is -0.546. The average Bonchev–Trinajstić information content (AvgIpc) is 2.17. The van der Waals surface area contributed by atoms with E-state index in [2.05, 4.69) is 20.6 Å². The van der Waals surface area contributed by atoms with E-state index in [4.69, 9.17) is 11.5 Å². The highest BCUT2D eigenvalue weighted by Crippen LogP contribution is 2.09. The van der Waals surface area contributed by atoms with Crippen molar-refractivity contribution in [3.05, 3.63) is 11.8 Å². The summed E-state index contributed by atoms with van der Waals surface area (Å²) in [7, 11) is 0. The van der Waals surface area contributed by atoms with Gasteiger partial charge in [0.05, 0.1) is 0 Å². The molecule has 0 atom stereocenters. The Kier molecular flexibility index (Phi) is 3.67. The Morgan fingerprint density at radius 2 is 2.27 bits per heavy atom. The van der Waals surface area contributed by atoms with Gasteiger partial charge in [-0.05, 0) is 6.92 Å². The summed E-state index contributed by atoms with van der Waals surface area (Å²) in [6.07, 6.45) is 1.63. The first-order valence-electron chi connectivity index (χ1n) is 4.46. The molecule has 0 radical (unpaired) electrons. The predicted molar refractivity (Wildman–Crippen MR) is 57.3 cm³/mol. The summed E-state index contributed by atoms with van der Waals surface area (Å²) in [5.74, 6) is 0.875. The molecule has 0 unspecified atom stereocenters. The molecule has 1 aromatic heterocycles. The van der Waals surface area contributed by atoms with E-state index in [0.29, 0.717) is 18.9 Å². The van der Waals surface area contributed by atoms with E-state index in [1.807, 2.05) is 6.92 Å². The van der Waals surface area contributed by atoms with Crippen LogP contribution in [0, 0.1) is 6.92 Å². The summed E-state index contributed by atoms with van der Waals surface area (Å²) in [6.45, 7) is 2.82. The fraction of sp³-hybridized carbons (Fsp3) is 0.375. The maximum absolute atomic E-state index is 10.4. The normalized spacial score (nSPS) is 9.67. The number of carbonyl (C=O) groups is 1. The Labute approximate surface area is 87.3 Å². The molecule has 0 spiro atoms. The van der Waals surface area contributed by atoms with E-state index < -0.39 is 6.03 Å². The van der Waals surface area contributed by atoms with Crippen molar-refractivity contribution in [2.45, 2.75) is 6.92 Å². The molecule has 0 aliphatic heterocycles. The number of nitrogens with one attached hydrogen (secondary N) is 2. The predicted octanol–water partition coefficient (Wildman–Crippen LogP) is -0.553. The number of primary amides is 1. The Morgan fingerprint density at radius 1 is 1.53 bits per heavy atom. The molecule has 6 N–H and O–H groups in total. The van der Waals surface area contributed by atoms with Gasteiger partial charge in [0, 0.05) is 24.8 Å². The largest absolute Gasteiger partial charge is 0.368 e. The Morgan fingerprint density at radius 3 is 2.93 bits per heavy atom. The number of urea groups is 1. The first-order valence-corrected chi connectivity index (χ1v) is 4.46. The molecular weight excluding hydrogens is 196 g/mol. The zero-order valence-corrected chi connectivity index (χ0v) is 8.45. The van der Waals surface area contributed by atoms with Crippen LogP contribution in [0.15, 0.2) is 6.20 Å². The molecule has 0 saturated heterocycles. The third kappa shape index (κ3) is 3.67. The van der Waals surface area contributed by atoms with Gasteiger partial charge in [-0.2, -0.15) is 4.98 Å². The van der Waals surface area contributed by atoms with E-state index in [9.17, 15) is 4.79 Å². The van der Waals surface area contributed by atoms with Gasteiger partial charge in [-0.25, -0.2) is 9.78 Å². The molecule has 1 aromatic rings. The van der Waals surface area contributed by atoms with Crippen molar-refractivity contribution < 1.29 is 4.79 Å². The van der Waals surface area contributed by atoms with Crippen LogP contribution < -0.4 is 22.1 Å². The first-order chi connectivity index (χ1) is 7.09. The molecule has 15 heavy (non-hydrogen) atoms. The van der Waals surface area contributed by atoms with Crippen molar-refractivity contribution in [3.63, 3.8) is 0 Å². The second kappa shape index (κ2) is 4.99. The Bertz CT molecular complexity index is 353. The van der Waals surface area contributed by atoms with Crippen molar-refractivity contribution >= 4 is 17.8 Å². The number of hydrogen-bond acceptors (Lipinski definition) is 5. The van der Waals surface area contributed by atoms with Crippen molar-refractivity contribution in [1.29, 1.82) is 0 Å². The fourth-order valence-electron chi connectivity index (χ4n) is 1.00. The number of hydrogen-bond donors (Lipinski definition) is 4. The number of aryl methyl sites for hydroxylation is 1. The molecule has 0 aliphatic carbocycles. The quantitative estimate of drug-likeness (QED) is 0.497. The molecule has 7 nitrogen and oxygen atoms in total. The zero-order chi connectivity index (χ0) is 11.3. The molecular formula is C8H14N6O. The second-order valence-electron chi connectivity index (χ2n) is 2.98. The molecule has 0 aliphatic rings. The number of nitrogens with zero attached hydrogens (tertiary/aromatic N) is 2. The molecule has 2 amide bonds. The third-order valence-corrected chi connectivity index (χ3v) is 1.71. The van der Waals surface area contributed by atoms with Crippen molar-refractivity contribution in [2.24, 2.45) is 5.73 Å². The van der Waals surface area contributed by atoms with Crippen LogP contribution in [-0.4, -0.2) is 29.1 Å². The van der Waals surface area contributed by atoms with Gasteiger partial charge >= 0.3 is 6.03 Å². The van der Waals surface area contributed by atoms with Crippen LogP contribution in [0.2, 0.25) is 0 Å². The Hall–Kier alpha value is -2.05. The van der Waals surface area contributed by atoms with Gasteiger partial charge in [0.25, 0.3) is 0 Å². The highest BCUT2D eigenvalue weighted by Gasteiger charge is 2.00.